The normalized spacial score (nSPS) is 22.6. The zero-order valence-corrected chi connectivity index (χ0v) is 13.2. The number of benzene rings is 2. The first-order valence-electron chi connectivity index (χ1n) is 7.59. The minimum absolute atomic E-state index is 0.0532. The van der Waals surface area contributed by atoms with E-state index < -0.39 is 5.60 Å². The van der Waals surface area contributed by atoms with Crippen molar-refractivity contribution < 1.29 is 14.6 Å². The molecule has 2 heterocycles. The van der Waals surface area contributed by atoms with Crippen LogP contribution in [0.3, 0.4) is 0 Å². The first-order valence-corrected chi connectivity index (χ1v) is 7.97. The maximum absolute atomic E-state index is 12.7. The van der Waals surface area contributed by atoms with Gasteiger partial charge in [-0.1, -0.05) is 35.9 Å². The molecule has 1 atom stereocenters. The van der Waals surface area contributed by atoms with Gasteiger partial charge in [0.15, 0.2) is 0 Å². The number of nitrogens with zero attached hydrogens (tertiary/aromatic N) is 1. The fraction of sp³-hybridized carbons (Fsp3) is 0.278. The van der Waals surface area contributed by atoms with E-state index in [0.29, 0.717) is 25.3 Å². The molecule has 2 aliphatic rings. The molecule has 0 unspecified atom stereocenters. The third-order valence-corrected chi connectivity index (χ3v) is 5.03. The van der Waals surface area contributed by atoms with Gasteiger partial charge in [-0.2, -0.15) is 0 Å². The van der Waals surface area contributed by atoms with E-state index in [1.807, 2.05) is 12.1 Å². The lowest BCUT2D eigenvalue weighted by molar-refractivity contribution is -0.0282. The zero-order chi connectivity index (χ0) is 16.0. The molecule has 2 aliphatic heterocycles. The lowest BCUT2D eigenvalue weighted by Crippen LogP contribution is -2.34. The van der Waals surface area contributed by atoms with Crippen LogP contribution in [0.1, 0.15) is 27.9 Å². The Labute approximate surface area is 139 Å². The van der Waals surface area contributed by atoms with Gasteiger partial charge in [-0.05, 0) is 35.7 Å². The average Bonchev–Trinajstić information content (AvgIpc) is 3.13. The molecule has 2 aromatic carbocycles. The number of halogens is 1. The van der Waals surface area contributed by atoms with Crippen LogP contribution in [0.25, 0.3) is 0 Å². The summed E-state index contributed by atoms with van der Waals surface area (Å²) < 4.78 is 6.07. The van der Waals surface area contributed by atoms with Crippen LogP contribution in [0, 0.1) is 0 Å². The Balaban J connectivity index is 1.61. The van der Waals surface area contributed by atoms with Gasteiger partial charge in [0, 0.05) is 6.54 Å². The van der Waals surface area contributed by atoms with Crippen molar-refractivity contribution in [3.8, 4) is 5.75 Å². The monoisotopic (exact) mass is 329 g/mol. The summed E-state index contributed by atoms with van der Waals surface area (Å²) in [5.41, 5.74) is 2.40. The Morgan fingerprint density at radius 1 is 1.26 bits per heavy atom. The van der Waals surface area contributed by atoms with Crippen molar-refractivity contribution in [2.24, 2.45) is 0 Å². The third-order valence-electron chi connectivity index (χ3n) is 4.71. The molecule has 1 spiro atoms. The maximum atomic E-state index is 12.7. The Kier molecular flexibility index (Phi) is 3.32. The number of likely N-dealkylation sites (tertiary alicyclic amines) is 1. The predicted molar refractivity (Wildman–Crippen MR) is 86.5 cm³/mol. The Morgan fingerprint density at radius 3 is 2.91 bits per heavy atom. The van der Waals surface area contributed by atoms with Crippen LogP contribution >= 0.6 is 11.6 Å². The van der Waals surface area contributed by atoms with E-state index in [1.54, 1.807) is 11.0 Å². The molecule has 0 saturated carbocycles. The van der Waals surface area contributed by atoms with Gasteiger partial charge in [-0.25, -0.2) is 0 Å². The number of ether oxygens (including phenoxy) is 1. The van der Waals surface area contributed by atoms with Crippen molar-refractivity contribution in [3.63, 3.8) is 0 Å². The number of hydrogen-bond donors (Lipinski definition) is 1. The Hall–Kier alpha value is -2.04. The Morgan fingerprint density at radius 2 is 2.09 bits per heavy atom. The molecule has 4 rings (SSSR count). The highest BCUT2D eigenvalue weighted by atomic mass is 35.5. The molecule has 0 radical (unpaired) electrons. The number of carbonyl (C=O) groups excluding carboxylic acids is 1. The number of amides is 1. The SMILES string of the molecule is O=C(c1ccc(O)cc1Cl)N1CC[C@@]2(C1)OCc1ccccc12. The van der Waals surface area contributed by atoms with Gasteiger partial charge >= 0.3 is 0 Å². The number of phenols is 1. The van der Waals surface area contributed by atoms with Crippen LogP contribution < -0.4 is 0 Å². The molecule has 0 aliphatic carbocycles. The van der Waals surface area contributed by atoms with Crippen LogP contribution in [0.5, 0.6) is 5.75 Å². The number of hydrogen-bond acceptors (Lipinski definition) is 3. The van der Waals surface area contributed by atoms with E-state index in [2.05, 4.69) is 12.1 Å². The number of phenolic OH excluding ortho intramolecular Hbond substituents is 1. The van der Waals surface area contributed by atoms with E-state index in [1.165, 1.54) is 23.3 Å². The summed E-state index contributed by atoms with van der Waals surface area (Å²) in [6.45, 7) is 1.75. The molecule has 0 bridgehead atoms. The smallest absolute Gasteiger partial charge is 0.255 e. The zero-order valence-electron chi connectivity index (χ0n) is 12.5. The lowest BCUT2D eigenvalue weighted by atomic mass is 9.92. The minimum Gasteiger partial charge on any atom is -0.508 e. The highest BCUT2D eigenvalue weighted by Gasteiger charge is 2.46. The summed E-state index contributed by atoms with van der Waals surface area (Å²) in [6, 6.07) is 12.6. The topological polar surface area (TPSA) is 49.8 Å². The van der Waals surface area contributed by atoms with E-state index in [9.17, 15) is 9.90 Å². The van der Waals surface area contributed by atoms with Crippen LogP contribution in [-0.4, -0.2) is 29.0 Å². The largest absolute Gasteiger partial charge is 0.508 e. The van der Waals surface area contributed by atoms with E-state index >= 15 is 0 Å². The van der Waals surface area contributed by atoms with E-state index in [-0.39, 0.29) is 16.7 Å². The van der Waals surface area contributed by atoms with Gasteiger partial charge in [0.05, 0.1) is 23.7 Å². The quantitative estimate of drug-likeness (QED) is 0.873. The van der Waals surface area contributed by atoms with Crippen LogP contribution in [0.15, 0.2) is 42.5 Å². The average molecular weight is 330 g/mol. The molecule has 23 heavy (non-hydrogen) atoms. The van der Waals surface area contributed by atoms with Crippen molar-refractivity contribution in [2.45, 2.75) is 18.6 Å². The van der Waals surface area contributed by atoms with Gasteiger partial charge in [0.25, 0.3) is 5.91 Å². The van der Waals surface area contributed by atoms with Crippen LogP contribution in [0.4, 0.5) is 0 Å². The van der Waals surface area contributed by atoms with Crippen LogP contribution in [0.2, 0.25) is 5.02 Å². The van der Waals surface area contributed by atoms with Crippen molar-refractivity contribution in [2.75, 3.05) is 13.1 Å². The van der Waals surface area contributed by atoms with Gasteiger partial charge in [0.2, 0.25) is 0 Å². The fourth-order valence-electron chi connectivity index (χ4n) is 3.53. The number of carbonyl (C=O) groups is 1. The molecule has 1 N–H and O–H groups in total. The summed E-state index contributed by atoms with van der Waals surface area (Å²) in [6.07, 6.45) is 0.783. The molecule has 1 amide bonds. The first-order chi connectivity index (χ1) is 11.1. The molecule has 2 aromatic rings. The maximum Gasteiger partial charge on any atom is 0.255 e. The van der Waals surface area contributed by atoms with Crippen molar-refractivity contribution in [3.05, 3.63) is 64.2 Å². The standard InChI is InChI=1S/C18H16ClNO3/c19-16-9-13(21)5-6-14(16)17(22)20-8-7-18(11-20)15-4-2-1-3-12(15)10-23-18/h1-6,9,21H,7-8,10-11H2/t18-/m0/s1. The fourth-order valence-corrected chi connectivity index (χ4v) is 3.78. The molecule has 4 nitrogen and oxygen atoms in total. The van der Waals surface area contributed by atoms with Crippen LogP contribution in [-0.2, 0) is 16.9 Å². The number of aromatic hydroxyl groups is 1. The first kappa shape index (κ1) is 14.5. The molecule has 118 valence electrons. The second kappa shape index (κ2) is 5.25. The minimum atomic E-state index is -0.393. The van der Waals surface area contributed by atoms with Gasteiger partial charge in [-0.15, -0.1) is 0 Å². The van der Waals surface area contributed by atoms with Crippen molar-refractivity contribution >= 4 is 17.5 Å². The van der Waals surface area contributed by atoms with E-state index in [0.717, 1.165) is 6.42 Å². The number of rotatable bonds is 1. The van der Waals surface area contributed by atoms with Crippen molar-refractivity contribution in [1.29, 1.82) is 0 Å². The summed E-state index contributed by atoms with van der Waals surface area (Å²) >= 11 is 6.10. The molecular weight excluding hydrogens is 314 g/mol. The van der Waals surface area contributed by atoms with E-state index in [4.69, 9.17) is 16.3 Å². The third kappa shape index (κ3) is 2.30. The summed E-state index contributed by atoms with van der Waals surface area (Å²) in [5.74, 6) is -0.0719. The second-order valence-electron chi connectivity index (χ2n) is 6.08. The number of fused-ring (bicyclic) bond motifs is 2. The highest BCUT2D eigenvalue weighted by Crippen LogP contribution is 2.43. The second-order valence-corrected chi connectivity index (χ2v) is 6.49. The van der Waals surface area contributed by atoms with Gasteiger partial charge < -0.3 is 14.7 Å². The highest BCUT2D eigenvalue weighted by molar-refractivity contribution is 6.34. The molecular formula is C18H16ClNO3. The lowest BCUT2D eigenvalue weighted by Gasteiger charge is -2.25. The summed E-state index contributed by atoms with van der Waals surface area (Å²) in [5, 5.41) is 9.70. The summed E-state index contributed by atoms with van der Waals surface area (Å²) in [7, 11) is 0. The molecule has 0 aromatic heterocycles. The predicted octanol–water partition coefficient (Wildman–Crippen LogP) is 3.32. The molecule has 5 heteroatoms. The molecule has 1 saturated heterocycles. The Bertz CT molecular complexity index is 792. The van der Waals surface area contributed by atoms with Gasteiger partial charge in [0.1, 0.15) is 11.4 Å². The van der Waals surface area contributed by atoms with Gasteiger partial charge in [-0.3, -0.25) is 4.79 Å². The molecule has 1 fully saturated rings. The summed E-state index contributed by atoms with van der Waals surface area (Å²) in [4.78, 5) is 14.5. The van der Waals surface area contributed by atoms with Crippen molar-refractivity contribution in [1.82, 2.24) is 4.90 Å².